The van der Waals surface area contributed by atoms with E-state index in [9.17, 15) is 13.6 Å². The molecule has 0 fully saturated rings. The molecule has 0 spiro atoms. The number of methoxy groups -OCH3 is 2. The van der Waals surface area contributed by atoms with Crippen LogP contribution in [0.15, 0.2) is 59.1 Å². The number of benzene rings is 3. The first-order valence-corrected chi connectivity index (χ1v) is 10.0. The highest BCUT2D eigenvalue weighted by Gasteiger charge is 2.18. The van der Waals surface area contributed by atoms with Gasteiger partial charge in [0.15, 0.2) is 0 Å². The molecule has 0 aliphatic heterocycles. The van der Waals surface area contributed by atoms with Crippen LogP contribution in [0.2, 0.25) is 0 Å². The molecular formula is C25H20F2N2O4. The first kappa shape index (κ1) is 22.3. The van der Waals surface area contributed by atoms with Crippen LogP contribution in [-0.4, -0.2) is 30.3 Å². The largest absolute Gasteiger partial charge is 0.465 e. The van der Waals surface area contributed by atoms with Crippen molar-refractivity contribution >= 4 is 5.97 Å². The molecule has 0 saturated carbocycles. The Morgan fingerprint density at radius 1 is 0.970 bits per heavy atom. The van der Waals surface area contributed by atoms with Gasteiger partial charge in [-0.2, -0.15) is 4.98 Å². The molecule has 0 aliphatic carbocycles. The quantitative estimate of drug-likeness (QED) is 0.357. The maximum Gasteiger partial charge on any atom is 0.340 e. The lowest BCUT2D eigenvalue weighted by molar-refractivity contribution is 0.0595. The van der Waals surface area contributed by atoms with Gasteiger partial charge in [-0.15, -0.1) is 0 Å². The Labute approximate surface area is 188 Å². The van der Waals surface area contributed by atoms with E-state index in [4.69, 9.17) is 9.26 Å². The number of rotatable bonds is 6. The van der Waals surface area contributed by atoms with Crippen molar-refractivity contribution in [3.05, 3.63) is 82.9 Å². The van der Waals surface area contributed by atoms with Gasteiger partial charge in [-0.1, -0.05) is 17.3 Å². The maximum atomic E-state index is 14.3. The minimum atomic E-state index is -0.771. The lowest BCUT2D eigenvalue weighted by atomic mass is 9.94. The number of carbonyl (C=O) groups excluding carboxylic acids is 1. The molecule has 0 saturated heterocycles. The summed E-state index contributed by atoms with van der Waals surface area (Å²) in [5.41, 5.74) is 4.14. The average Bonchev–Trinajstić information content (AvgIpc) is 3.31. The number of aromatic nitrogens is 2. The van der Waals surface area contributed by atoms with E-state index < -0.39 is 11.8 Å². The van der Waals surface area contributed by atoms with Gasteiger partial charge in [0.05, 0.1) is 19.3 Å². The van der Waals surface area contributed by atoms with Crippen molar-refractivity contribution in [1.29, 1.82) is 0 Å². The summed E-state index contributed by atoms with van der Waals surface area (Å²) in [4.78, 5) is 15.9. The van der Waals surface area contributed by atoms with Gasteiger partial charge in [-0.05, 0) is 71.6 Å². The number of esters is 1. The molecule has 4 aromatic rings. The number of hydrogen-bond donors (Lipinski definition) is 0. The summed E-state index contributed by atoms with van der Waals surface area (Å²) in [5, 5.41) is 3.93. The first-order valence-electron chi connectivity index (χ1n) is 10.0. The molecule has 4 rings (SSSR count). The van der Waals surface area contributed by atoms with Crippen molar-refractivity contribution < 1.29 is 27.6 Å². The summed E-state index contributed by atoms with van der Waals surface area (Å²) in [6, 6.07) is 14.1. The average molecular weight is 450 g/mol. The lowest BCUT2D eigenvalue weighted by Crippen LogP contribution is -2.04. The molecule has 1 aromatic heterocycles. The summed E-state index contributed by atoms with van der Waals surface area (Å²) in [6.45, 7) is 2.20. The van der Waals surface area contributed by atoms with Gasteiger partial charge in [0.2, 0.25) is 5.82 Å². The topological polar surface area (TPSA) is 74.5 Å². The molecule has 0 amide bonds. The zero-order valence-corrected chi connectivity index (χ0v) is 18.2. The molecule has 1 heterocycles. The van der Waals surface area contributed by atoms with Crippen molar-refractivity contribution in [1.82, 2.24) is 10.1 Å². The standard InChI is InChI=1S/C25H20F2N2O4/c1-14-4-7-18(26)12-21(14)19-8-6-16(10-17(19)13-31-2)24-28-23(29-33-24)15-5-9-20(22(27)11-15)25(30)32-3/h4-12H,13H2,1-3H3. The molecule has 3 aromatic carbocycles. The second-order valence-corrected chi connectivity index (χ2v) is 7.37. The van der Waals surface area contributed by atoms with Gasteiger partial charge in [0.1, 0.15) is 11.6 Å². The van der Waals surface area contributed by atoms with Crippen LogP contribution in [0.25, 0.3) is 34.0 Å². The van der Waals surface area contributed by atoms with E-state index in [1.165, 1.54) is 31.4 Å². The lowest BCUT2D eigenvalue weighted by Gasteiger charge is -2.13. The molecule has 0 atom stereocenters. The molecule has 0 aliphatic rings. The van der Waals surface area contributed by atoms with Crippen LogP contribution in [-0.2, 0) is 16.1 Å². The Morgan fingerprint density at radius 2 is 1.76 bits per heavy atom. The van der Waals surface area contributed by atoms with Crippen LogP contribution in [0.4, 0.5) is 8.78 Å². The fourth-order valence-electron chi connectivity index (χ4n) is 3.54. The summed E-state index contributed by atoms with van der Waals surface area (Å²) >= 11 is 0. The minimum absolute atomic E-state index is 0.165. The SMILES string of the molecule is COCc1cc(-c2nc(-c3ccc(C(=O)OC)c(F)c3)no2)ccc1-c1cc(F)ccc1C. The Balaban J connectivity index is 1.70. The van der Waals surface area contributed by atoms with Crippen LogP contribution in [0.5, 0.6) is 0 Å². The number of ether oxygens (including phenoxy) is 2. The number of carbonyl (C=O) groups is 1. The number of aryl methyl sites for hydroxylation is 1. The Bertz CT molecular complexity index is 1330. The predicted molar refractivity (Wildman–Crippen MR) is 117 cm³/mol. The van der Waals surface area contributed by atoms with Crippen LogP contribution in [0, 0.1) is 18.6 Å². The van der Waals surface area contributed by atoms with E-state index in [0.29, 0.717) is 17.7 Å². The zero-order chi connectivity index (χ0) is 23.5. The normalized spacial score (nSPS) is 10.9. The van der Waals surface area contributed by atoms with E-state index in [0.717, 1.165) is 28.3 Å². The van der Waals surface area contributed by atoms with Gasteiger partial charge in [0.25, 0.3) is 5.89 Å². The van der Waals surface area contributed by atoms with Crippen LogP contribution in [0.3, 0.4) is 0 Å². The van der Waals surface area contributed by atoms with Gasteiger partial charge < -0.3 is 14.0 Å². The number of hydrogen-bond acceptors (Lipinski definition) is 6. The Kier molecular flexibility index (Phi) is 6.28. The van der Waals surface area contributed by atoms with E-state index in [1.807, 2.05) is 19.1 Å². The van der Waals surface area contributed by atoms with Crippen molar-refractivity contribution in [2.45, 2.75) is 13.5 Å². The third-order valence-corrected chi connectivity index (χ3v) is 5.20. The summed E-state index contributed by atoms with van der Waals surface area (Å²) in [7, 11) is 2.76. The molecule has 0 bridgehead atoms. The maximum absolute atomic E-state index is 14.3. The number of halogens is 2. The first-order chi connectivity index (χ1) is 15.9. The van der Waals surface area contributed by atoms with Gasteiger partial charge in [0, 0.05) is 18.2 Å². The predicted octanol–water partition coefficient (Wildman–Crippen LogP) is 5.59. The fraction of sp³-hybridized carbons (Fsp3) is 0.160. The third-order valence-electron chi connectivity index (χ3n) is 5.20. The summed E-state index contributed by atoms with van der Waals surface area (Å²) in [5.74, 6) is -1.45. The summed E-state index contributed by atoms with van der Waals surface area (Å²) in [6.07, 6.45) is 0. The molecule has 33 heavy (non-hydrogen) atoms. The van der Waals surface area contributed by atoms with Crippen molar-refractivity contribution in [3.8, 4) is 34.0 Å². The fourth-order valence-corrected chi connectivity index (χ4v) is 3.54. The molecule has 8 heteroatoms. The van der Waals surface area contributed by atoms with Crippen molar-refractivity contribution in [3.63, 3.8) is 0 Å². The molecule has 0 radical (unpaired) electrons. The summed E-state index contributed by atoms with van der Waals surface area (Å²) < 4.78 is 43.4. The second kappa shape index (κ2) is 9.30. The van der Waals surface area contributed by atoms with Gasteiger partial charge >= 0.3 is 5.97 Å². The second-order valence-electron chi connectivity index (χ2n) is 7.37. The highest BCUT2D eigenvalue weighted by Crippen LogP contribution is 2.32. The Morgan fingerprint density at radius 3 is 2.48 bits per heavy atom. The van der Waals surface area contributed by atoms with Crippen molar-refractivity contribution in [2.75, 3.05) is 14.2 Å². The van der Waals surface area contributed by atoms with Crippen LogP contribution in [0.1, 0.15) is 21.5 Å². The van der Waals surface area contributed by atoms with Crippen LogP contribution < -0.4 is 0 Å². The highest BCUT2D eigenvalue weighted by atomic mass is 19.1. The highest BCUT2D eigenvalue weighted by molar-refractivity contribution is 5.90. The van der Waals surface area contributed by atoms with Crippen LogP contribution >= 0.6 is 0 Å². The monoisotopic (exact) mass is 450 g/mol. The molecule has 168 valence electrons. The zero-order valence-electron chi connectivity index (χ0n) is 18.2. The van der Waals surface area contributed by atoms with Gasteiger partial charge in [-0.25, -0.2) is 13.6 Å². The smallest absolute Gasteiger partial charge is 0.340 e. The van der Waals surface area contributed by atoms with Crippen molar-refractivity contribution in [2.24, 2.45) is 0 Å². The minimum Gasteiger partial charge on any atom is -0.465 e. The van der Waals surface area contributed by atoms with E-state index in [-0.39, 0.29) is 23.1 Å². The molecular weight excluding hydrogens is 430 g/mol. The van der Waals surface area contributed by atoms with E-state index in [2.05, 4.69) is 14.9 Å². The molecule has 0 N–H and O–H groups in total. The number of nitrogens with zero attached hydrogens (tertiary/aromatic N) is 2. The third kappa shape index (κ3) is 4.51. The van der Waals surface area contributed by atoms with E-state index >= 15 is 0 Å². The Hall–Kier alpha value is -3.91. The molecule has 6 nitrogen and oxygen atoms in total. The van der Waals surface area contributed by atoms with Gasteiger partial charge in [-0.3, -0.25) is 0 Å². The van der Waals surface area contributed by atoms with E-state index in [1.54, 1.807) is 19.2 Å². The molecule has 0 unspecified atom stereocenters.